The first-order valence-corrected chi connectivity index (χ1v) is 6.24. The van der Waals surface area contributed by atoms with E-state index in [-0.39, 0.29) is 57.4 Å². The molecule has 0 aliphatic heterocycles. The molecule has 0 aromatic carbocycles. The molecule has 0 saturated heterocycles. The Morgan fingerprint density at radius 3 is 1.85 bits per heavy atom. The van der Waals surface area contributed by atoms with Crippen molar-refractivity contribution in [1.82, 2.24) is 0 Å². The predicted molar refractivity (Wildman–Crippen MR) is 52.4 cm³/mol. The van der Waals surface area contributed by atoms with Crippen molar-refractivity contribution in [2.75, 3.05) is 13.2 Å². The third-order valence-electron chi connectivity index (χ3n) is 1.14. The van der Waals surface area contributed by atoms with Crippen molar-refractivity contribution in [2.45, 2.75) is 27.3 Å². The van der Waals surface area contributed by atoms with Crippen LogP contribution in [-0.4, -0.2) is 79.4 Å². The van der Waals surface area contributed by atoms with Crippen molar-refractivity contribution < 1.29 is 18.1 Å². The van der Waals surface area contributed by atoms with Gasteiger partial charge >= 0.3 is 8.80 Å². The maximum absolute atomic E-state index is 10.7. The number of carbonyl (C=O) groups is 1. The minimum Gasteiger partial charge on any atom is -0.474 e. The molecule has 0 unspecified atom stereocenters. The zero-order valence-electron chi connectivity index (χ0n) is 9.05. The molecule has 6 heteroatoms. The van der Waals surface area contributed by atoms with Gasteiger partial charge in [0.05, 0.1) is 0 Å². The van der Waals surface area contributed by atoms with E-state index >= 15 is 0 Å². The second kappa shape index (κ2) is 8.54. The van der Waals surface area contributed by atoms with Crippen molar-refractivity contribution in [3.8, 4) is 0 Å². The summed E-state index contributed by atoms with van der Waals surface area (Å²) in [6.07, 6.45) is 0. The summed E-state index contributed by atoms with van der Waals surface area (Å²) in [6, 6.07) is 0. The molecule has 1 radical (unpaired) electrons. The summed E-state index contributed by atoms with van der Waals surface area (Å²) in [5.74, 6) is -0.355. The average molecular weight is 231 g/mol. The molecule has 0 amide bonds. The Hall–Kier alpha value is 1.24. The van der Waals surface area contributed by atoms with E-state index in [4.69, 9.17) is 13.3 Å². The van der Waals surface area contributed by atoms with Crippen molar-refractivity contribution in [1.29, 1.82) is 0 Å². The summed E-state index contributed by atoms with van der Waals surface area (Å²) in [5.41, 5.74) is 0. The van der Waals surface area contributed by atoms with Crippen LogP contribution in [0.15, 0.2) is 0 Å². The standard InChI is InChI=1S/C7H16O4Si.K/c1-5-9-12(4,10-6-2)11-7(3)8;/h5-6H2,1-4H3;. The Kier molecular flexibility index (Phi) is 11.0. The van der Waals surface area contributed by atoms with Gasteiger partial charge in [-0.1, -0.05) is 0 Å². The Bertz CT molecular complexity index is 147. The summed E-state index contributed by atoms with van der Waals surface area (Å²) in [6.45, 7) is 7.73. The summed E-state index contributed by atoms with van der Waals surface area (Å²) >= 11 is 0. The molecule has 0 aromatic heterocycles. The molecule has 0 heterocycles. The molecule has 0 aliphatic carbocycles. The SMILES string of the molecule is CCO[Si](C)(OCC)OC(C)=O.[K]. The van der Waals surface area contributed by atoms with Gasteiger partial charge in [-0.25, -0.2) is 0 Å². The summed E-state index contributed by atoms with van der Waals surface area (Å²) in [5, 5.41) is 0. The van der Waals surface area contributed by atoms with Crippen LogP contribution in [0.2, 0.25) is 6.55 Å². The number of carbonyl (C=O) groups excluding carboxylic acids is 1. The molecule has 0 aliphatic rings. The zero-order chi connectivity index (χ0) is 9.61. The van der Waals surface area contributed by atoms with Gasteiger partial charge in [-0.15, -0.1) is 0 Å². The molecule has 0 bridgehead atoms. The van der Waals surface area contributed by atoms with Crippen molar-refractivity contribution in [3.05, 3.63) is 0 Å². The Morgan fingerprint density at radius 2 is 1.62 bits per heavy atom. The van der Waals surface area contributed by atoms with Crippen LogP contribution in [0.25, 0.3) is 0 Å². The Morgan fingerprint density at radius 1 is 1.23 bits per heavy atom. The van der Waals surface area contributed by atoms with Crippen molar-refractivity contribution in [2.24, 2.45) is 0 Å². The van der Waals surface area contributed by atoms with Crippen LogP contribution in [0, 0.1) is 0 Å². The normalized spacial score (nSPS) is 10.5. The zero-order valence-corrected chi connectivity index (χ0v) is 13.2. The average Bonchev–Trinajstić information content (AvgIpc) is 1.85. The van der Waals surface area contributed by atoms with E-state index < -0.39 is 8.80 Å². The Balaban J connectivity index is 0. The monoisotopic (exact) mass is 231 g/mol. The summed E-state index contributed by atoms with van der Waals surface area (Å²) < 4.78 is 15.5. The third kappa shape index (κ3) is 8.25. The molecule has 0 atom stereocenters. The first kappa shape index (κ1) is 16.7. The van der Waals surface area contributed by atoms with Gasteiger partial charge in [0.1, 0.15) is 0 Å². The second-order valence-electron chi connectivity index (χ2n) is 2.32. The number of hydrogen-bond acceptors (Lipinski definition) is 4. The van der Waals surface area contributed by atoms with Gasteiger partial charge in [0.15, 0.2) is 0 Å². The van der Waals surface area contributed by atoms with Crippen LogP contribution >= 0.6 is 0 Å². The molecule has 0 aromatic rings. The van der Waals surface area contributed by atoms with E-state index in [1.807, 2.05) is 13.8 Å². The predicted octanol–water partition coefficient (Wildman–Crippen LogP) is 0.810. The van der Waals surface area contributed by atoms with E-state index in [1.165, 1.54) is 6.92 Å². The molecule has 0 spiro atoms. The molecular weight excluding hydrogens is 215 g/mol. The van der Waals surface area contributed by atoms with Gasteiger partial charge < -0.3 is 13.3 Å². The molecule has 73 valence electrons. The fourth-order valence-electron chi connectivity index (χ4n) is 0.886. The Labute approximate surface area is 123 Å². The van der Waals surface area contributed by atoms with E-state index in [2.05, 4.69) is 0 Å². The van der Waals surface area contributed by atoms with Crippen LogP contribution in [0.4, 0.5) is 0 Å². The van der Waals surface area contributed by atoms with Gasteiger partial charge in [0, 0.05) is 78.1 Å². The molecule has 0 rings (SSSR count). The van der Waals surface area contributed by atoms with Gasteiger partial charge in [-0.2, -0.15) is 0 Å². The molecule has 0 saturated carbocycles. The van der Waals surface area contributed by atoms with Crippen LogP contribution in [-0.2, 0) is 18.1 Å². The van der Waals surface area contributed by atoms with E-state index in [0.29, 0.717) is 13.2 Å². The fraction of sp³-hybridized carbons (Fsp3) is 0.857. The van der Waals surface area contributed by atoms with Gasteiger partial charge in [-0.3, -0.25) is 4.79 Å². The molecular formula is C7H16KO4Si. The largest absolute Gasteiger partial charge is 0.564 e. The van der Waals surface area contributed by atoms with Crippen LogP contribution < -0.4 is 0 Å². The van der Waals surface area contributed by atoms with E-state index in [1.54, 1.807) is 6.55 Å². The van der Waals surface area contributed by atoms with Crippen LogP contribution in [0.5, 0.6) is 0 Å². The number of hydrogen-bond donors (Lipinski definition) is 0. The molecule has 0 fully saturated rings. The smallest absolute Gasteiger partial charge is 0.474 e. The topological polar surface area (TPSA) is 44.8 Å². The van der Waals surface area contributed by atoms with Crippen LogP contribution in [0.1, 0.15) is 20.8 Å². The van der Waals surface area contributed by atoms with Gasteiger partial charge in [0.25, 0.3) is 5.97 Å². The minimum absolute atomic E-state index is 0. The maximum Gasteiger partial charge on any atom is 0.564 e. The molecule has 13 heavy (non-hydrogen) atoms. The van der Waals surface area contributed by atoms with Gasteiger partial charge in [0.2, 0.25) is 0 Å². The van der Waals surface area contributed by atoms with Crippen molar-refractivity contribution >= 4 is 66.2 Å². The second-order valence-corrected chi connectivity index (χ2v) is 4.83. The van der Waals surface area contributed by atoms with E-state index in [0.717, 1.165) is 0 Å². The molecule has 0 N–H and O–H groups in total. The number of rotatable bonds is 5. The maximum atomic E-state index is 10.7. The fourth-order valence-corrected chi connectivity index (χ4v) is 2.66. The van der Waals surface area contributed by atoms with E-state index in [9.17, 15) is 4.79 Å². The quantitative estimate of drug-likeness (QED) is 0.657. The first-order chi connectivity index (χ1) is 5.54. The van der Waals surface area contributed by atoms with Crippen molar-refractivity contribution in [3.63, 3.8) is 0 Å². The third-order valence-corrected chi connectivity index (χ3v) is 3.43. The summed E-state index contributed by atoms with van der Waals surface area (Å²) in [7, 11) is -2.66. The van der Waals surface area contributed by atoms with Crippen LogP contribution in [0.3, 0.4) is 0 Å². The van der Waals surface area contributed by atoms with Gasteiger partial charge in [-0.05, 0) is 13.8 Å². The first-order valence-electron chi connectivity index (χ1n) is 4.01. The minimum atomic E-state index is -2.66. The summed E-state index contributed by atoms with van der Waals surface area (Å²) in [4.78, 5) is 10.7. The molecule has 4 nitrogen and oxygen atoms in total.